The van der Waals surface area contributed by atoms with Crippen LogP contribution in [0.25, 0.3) is 11.2 Å². The van der Waals surface area contributed by atoms with Crippen LogP contribution in [0.4, 0.5) is 5.95 Å². The van der Waals surface area contributed by atoms with Crippen LogP contribution >= 0.6 is 23.5 Å². The predicted octanol–water partition coefficient (Wildman–Crippen LogP) is -14.6. The summed E-state index contributed by atoms with van der Waals surface area (Å²) in [4.78, 5) is 66.7. The Balaban J connectivity index is 0.00000441. The maximum Gasteiger partial charge on any atom is 1.00 e. The first kappa shape index (κ1) is 44.7. The number of imidazole rings is 1. The largest absolute Gasteiger partial charge is 1.00 e. The predicted molar refractivity (Wildman–Crippen MR) is 118 cm³/mol. The average Bonchev–Trinajstić information content (AvgIpc) is 3.35. The number of hydrogen-bond acceptors (Lipinski definition) is 17. The number of nitrogen functional groups attached to an aromatic ring is 1. The normalized spacial score (nSPS) is 22.6. The Morgan fingerprint density at radius 3 is 2.26 bits per heavy atom. The monoisotopic (exact) mass is 701 g/mol. The van der Waals surface area contributed by atoms with E-state index in [4.69, 9.17) is 15.2 Å². The Hall–Kier alpha value is 1.66. The zero-order valence-electron chi connectivity index (χ0n) is 23.2. The minimum absolute atomic E-state index is 0. The summed E-state index contributed by atoms with van der Waals surface area (Å²) in [5, 5.41) is 10.9. The van der Waals surface area contributed by atoms with Gasteiger partial charge in [-0.15, -0.1) is 0 Å². The molecule has 1 aliphatic heterocycles. The van der Waals surface area contributed by atoms with Gasteiger partial charge in [0.2, 0.25) is 5.95 Å². The number of aromatic amines is 1. The molecule has 0 amide bonds. The number of rotatable bonds is 11. The van der Waals surface area contributed by atoms with Crippen molar-refractivity contribution in [3.63, 3.8) is 0 Å². The SMILES string of the molecule is Nc1nc2c(ncn2[C@@H]2O[C@H](COP(=O)([O-])OP(=O)([O-])OP(=O)([O-])[O-])[C@@H](O)[C@H]2OCc2ccccc2)c(=O)[nH]1.[Na+].[Na+].[Na+].[Na+]. The summed E-state index contributed by atoms with van der Waals surface area (Å²) < 4.78 is 57.6. The second-order valence-electron chi connectivity index (χ2n) is 7.89. The van der Waals surface area contributed by atoms with Crippen LogP contribution in [0, 0.1) is 0 Å². The van der Waals surface area contributed by atoms with Crippen LogP contribution in [-0.4, -0.2) is 49.5 Å². The van der Waals surface area contributed by atoms with Crippen molar-refractivity contribution in [3.05, 3.63) is 52.6 Å². The molecule has 26 heteroatoms. The molecule has 0 spiro atoms. The number of aromatic nitrogens is 4. The summed E-state index contributed by atoms with van der Waals surface area (Å²) in [7, 11) is -18.2. The smallest absolute Gasteiger partial charge is 0.790 e. The van der Waals surface area contributed by atoms with Crippen molar-refractivity contribution >= 4 is 40.6 Å². The molecule has 0 saturated carbocycles. The first-order valence-electron chi connectivity index (χ1n) is 10.6. The van der Waals surface area contributed by atoms with E-state index in [-0.39, 0.29) is 142 Å². The molecule has 214 valence electrons. The standard InChI is InChI=1S/C17H22N5O14P3.4Na/c18-17-20-14-11(15(24)21-17)19-8-22(14)16-13(32-6-9-4-2-1-3-5-9)12(23)10(34-16)7-33-38(28,29)36-39(30,31)35-37(25,26)27;;;;/h1-5,8,10,12-13,16,23H,6-7H2,(H,28,29)(H,30,31)(H2,25,26,27)(H3,18,20,21,24);;;;/q;4*+1/p-4/t10-,12-,13-,16-;;;;/m1..../s1. The molecule has 4 rings (SSSR count). The van der Waals surface area contributed by atoms with E-state index in [2.05, 4.69) is 28.1 Å². The number of anilines is 1. The molecule has 1 aromatic carbocycles. The number of H-pyrrole nitrogens is 1. The van der Waals surface area contributed by atoms with Crippen LogP contribution in [0.3, 0.4) is 0 Å². The fourth-order valence-corrected chi connectivity index (χ4v) is 6.47. The number of nitrogens with zero attached hydrogens (tertiary/aromatic N) is 3. The number of aliphatic hydroxyl groups excluding tert-OH is 1. The van der Waals surface area contributed by atoms with Crippen molar-refractivity contribution in [1.82, 2.24) is 19.5 Å². The molecule has 3 aromatic rings. The number of phosphoric ester groups is 1. The van der Waals surface area contributed by atoms with Crippen LogP contribution < -0.4 is 149 Å². The van der Waals surface area contributed by atoms with Crippen LogP contribution in [0.5, 0.6) is 0 Å². The number of phosphoric acid groups is 3. The molecule has 1 aliphatic rings. The molecule has 43 heavy (non-hydrogen) atoms. The molecule has 0 bridgehead atoms. The average molecular weight is 701 g/mol. The summed E-state index contributed by atoms with van der Waals surface area (Å²) in [6.07, 6.45) is -4.57. The van der Waals surface area contributed by atoms with E-state index in [1.165, 1.54) is 4.57 Å². The summed E-state index contributed by atoms with van der Waals surface area (Å²) >= 11 is 0. The quantitative estimate of drug-likeness (QED) is 0.123. The number of benzene rings is 1. The summed E-state index contributed by atoms with van der Waals surface area (Å²) in [5.74, 6) is -0.260. The second kappa shape index (κ2) is 18.4. The maximum atomic E-state index is 12.2. The van der Waals surface area contributed by atoms with Gasteiger partial charge in [-0.2, -0.15) is 4.98 Å². The van der Waals surface area contributed by atoms with Gasteiger partial charge in [-0.1, -0.05) is 30.3 Å². The minimum atomic E-state index is -6.19. The van der Waals surface area contributed by atoms with Crippen molar-refractivity contribution in [1.29, 1.82) is 0 Å². The Morgan fingerprint density at radius 2 is 1.65 bits per heavy atom. The number of hydrogen-bond donors (Lipinski definition) is 3. The summed E-state index contributed by atoms with van der Waals surface area (Å²) in [5.41, 5.74) is 5.43. The molecule has 6 atom stereocenters. The van der Waals surface area contributed by atoms with Crippen LogP contribution in [0.1, 0.15) is 11.8 Å². The first-order chi connectivity index (χ1) is 18.1. The van der Waals surface area contributed by atoms with Crippen molar-refractivity contribution in [3.8, 4) is 0 Å². The van der Waals surface area contributed by atoms with Gasteiger partial charge in [0, 0.05) is 0 Å². The second-order valence-corrected chi connectivity index (χ2v) is 12.1. The molecular weight excluding hydrogens is 683 g/mol. The van der Waals surface area contributed by atoms with E-state index in [9.17, 15) is 43.2 Å². The minimum Gasteiger partial charge on any atom is -0.790 e. The number of fused-ring (bicyclic) bond motifs is 1. The fourth-order valence-electron chi connectivity index (χ4n) is 3.60. The van der Waals surface area contributed by atoms with Gasteiger partial charge in [0.15, 0.2) is 17.4 Å². The van der Waals surface area contributed by atoms with Crippen LogP contribution in [-0.2, 0) is 42.9 Å². The van der Waals surface area contributed by atoms with Crippen LogP contribution in [0.2, 0.25) is 0 Å². The molecule has 1 fully saturated rings. The Morgan fingerprint density at radius 1 is 1.02 bits per heavy atom. The zero-order chi connectivity index (χ0) is 28.6. The third-order valence-electron chi connectivity index (χ3n) is 5.12. The van der Waals surface area contributed by atoms with Gasteiger partial charge in [-0.25, -0.2) is 9.29 Å². The van der Waals surface area contributed by atoms with Crippen molar-refractivity contribution in [2.75, 3.05) is 12.3 Å². The summed E-state index contributed by atoms with van der Waals surface area (Å²) in [6, 6.07) is 8.69. The van der Waals surface area contributed by atoms with Gasteiger partial charge >= 0.3 is 118 Å². The molecular formula is C17H18N5Na4O14P3. The molecule has 0 radical (unpaired) electrons. The van der Waals surface area contributed by atoms with E-state index >= 15 is 0 Å². The fraction of sp³-hybridized carbons (Fsp3) is 0.353. The molecule has 2 aromatic heterocycles. The molecule has 1 saturated heterocycles. The van der Waals surface area contributed by atoms with Crippen molar-refractivity contribution < 1.29 is 179 Å². The van der Waals surface area contributed by atoms with E-state index in [1.807, 2.05) is 0 Å². The maximum absolute atomic E-state index is 12.2. The van der Waals surface area contributed by atoms with Gasteiger partial charge in [0.05, 0.1) is 27.4 Å². The zero-order valence-corrected chi connectivity index (χ0v) is 33.9. The number of nitrogens with one attached hydrogen (secondary N) is 1. The van der Waals surface area contributed by atoms with E-state index in [0.717, 1.165) is 6.33 Å². The third kappa shape index (κ3) is 12.6. The molecule has 2 unspecified atom stereocenters. The van der Waals surface area contributed by atoms with E-state index < -0.39 is 60.2 Å². The molecule has 19 nitrogen and oxygen atoms in total. The van der Waals surface area contributed by atoms with Gasteiger partial charge in [-0.3, -0.25) is 27.8 Å². The van der Waals surface area contributed by atoms with Crippen molar-refractivity contribution in [2.24, 2.45) is 0 Å². The topological polar surface area (TPSA) is 299 Å². The first-order valence-corrected chi connectivity index (χ1v) is 14.9. The summed E-state index contributed by atoms with van der Waals surface area (Å²) in [6.45, 7) is -1.12. The van der Waals surface area contributed by atoms with Crippen molar-refractivity contribution in [2.45, 2.75) is 31.1 Å². The van der Waals surface area contributed by atoms with E-state index in [0.29, 0.717) is 5.56 Å². The number of ether oxygens (including phenoxy) is 2. The number of nitrogens with two attached hydrogens (primary N) is 1. The van der Waals surface area contributed by atoms with Crippen LogP contribution in [0.15, 0.2) is 41.5 Å². The Kier molecular flexibility index (Phi) is 19.1. The molecule has 4 N–H and O–H groups in total. The Labute approximate surface area is 331 Å². The Bertz CT molecular complexity index is 1550. The number of aliphatic hydroxyl groups is 1. The molecule has 0 aliphatic carbocycles. The van der Waals surface area contributed by atoms with Gasteiger partial charge in [0.1, 0.15) is 18.3 Å². The third-order valence-corrected chi connectivity index (χ3v) is 8.79. The molecule has 3 heterocycles. The van der Waals surface area contributed by atoms with Gasteiger partial charge in [0.25, 0.3) is 21.2 Å². The van der Waals surface area contributed by atoms with E-state index in [1.54, 1.807) is 30.3 Å². The van der Waals surface area contributed by atoms with Gasteiger partial charge < -0.3 is 49.0 Å². The van der Waals surface area contributed by atoms with Gasteiger partial charge in [-0.05, 0) is 5.56 Å².